The maximum Gasteiger partial charge on any atom is 0.573 e. The molecule has 0 saturated heterocycles. The first-order valence-corrected chi connectivity index (χ1v) is 5.41. The number of fused-ring (bicyclic) bond motifs is 1. The molecular weight excluding hydrogens is 259 g/mol. The molecule has 1 aromatic carbocycles. The van der Waals surface area contributed by atoms with Gasteiger partial charge in [-0.25, -0.2) is 0 Å². The predicted octanol–water partition coefficient (Wildman–Crippen LogP) is 3.09. The van der Waals surface area contributed by atoms with Crippen molar-refractivity contribution < 1.29 is 17.9 Å². The van der Waals surface area contributed by atoms with Gasteiger partial charge in [0.1, 0.15) is 0 Å². The first-order chi connectivity index (χ1) is 8.92. The number of hydrogen-bond acceptors (Lipinski definition) is 2. The Balaban J connectivity index is 2.73. The minimum atomic E-state index is -4.81. The van der Waals surface area contributed by atoms with Crippen LogP contribution in [0.5, 0.6) is 5.75 Å². The van der Waals surface area contributed by atoms with E-state index in [1.165, 1.54) is 41.1 Å². The van der Waals surface area contributed by atoms with Gasteiger partial charge in [0.05, 0.1) is 5.52 Å². The molecule has 0 aliphatic carbocycles. The van der Waals surface area contributed by atoms with Crippen LogP contribution in [0.25, 0.3) is 10.9 Å². The normalized spacial score (nSPS) is 11.5. The lowest BCUT2D eigenvalue weighted by atomic mass is 10.2. The Morgan fingerprint density at radius 3 is 2.68 bits per heavy atom. The highest BCUT2D eigenvalue weighted by atomic mass is 19.4. The molecule has 0 bridgehead atoms. The number of benzene rings is 1. The topological polar surface area (TPSA) is 31.2 Å². The standard InChI is InChI=1S/C13H10F3NO2/c1-2-7-17-8-6-10(18)9-4-3-5-11(12(9)17)19-13(14,15)16/h2-6,8H,1,7H2. The van der Waals surface area contributed by atoms with Gasteiger partial charge in [-0.2, -0.15) is 0 Å². The van der Waals surface area contributed by atoms with Crippen molar-refractivity contribution in [3.05, 3.63) is 53.3 Å². The summed E-state index contributed by atoms with van der Waals surface area (Å²) in [6.45, 7) is 3.80. The maximum atomic E-state index is 12.4. The molecule has 0 aliphatic rings. The summed E-state index contributed by atoms with van der Waals surface area (Å²) in [5, 5.41) is 0.172. The summed E-state index contributed by atoms with van der Waals surface area (Å²) in [6, 6.07) is 5.28. The number of pyridine rings is 1. The Morgan fingerprint density at radius 1 is 1.32 bits per heavy atom. The van der Waals surface area contributed by atoms with Crippen molar-refractivity contribution in [3.63, 3.8) is 0 Å². The van der Waals surface area contributed by atoms with Gasteiger partial charge in [0, 0.05) is 24.2 Å². The second-order valence-corrected chi connectivity index (χ2v) is 3.82. The van der Waals surface area contributed by atoms with E-state index in [0.29, 0.717) is 0 Å². The molecule has 0 radical (unpaired) electrons. The fraction of sp³-hybridized carbons (Fsp3) is 0.154. The molecule has 0 N–H and O–H groups in total. The van der Waals surface area contributed by atoms with Crippen molar-refractivity contribution in [2.75, 3.05) is 0 Å². The van der Waals surface area contributed by atoms with Crippen LogP contribution in [-0.2, 0) is 6.54 Å². The van der Waals surface area contributed by atoms with Gasteiger partial charge in [-0.3, -0.25) is 4.79 Å². The lowest BCUT2D eigenvalue weighted by Gasteiger charge is -2.14. The van der Waals surface area contributed by atoms with E-state index in [2.05, 4.69) is 11.3 Å². The molecule has 100 valence electrons. The van der Waals surface area contributed by atoms with Crippen molar-refractivity contribution in [1.29, 1.82) is 0 Å². The minimum Gasteiger partial charge on any atom is -0.404 e. The molecule has 0 saturated carbocycles. The van der Waals surface area contributed by atoms with Crippen LogP contribution in [0.4, 0.5) is 13.2 Å². The highest BCUT2D eigenvalue weighted by Gasteiger charge is 2.32. The highest BCUT2D eigenvalue weighted by Crippen LogP contribution is 2.29. The van der Waals surface area contributed by atoms with E-state index in [1.807, 2.05) is 0 Å². The summed E-state index contributed by atoms with van der Waals surface area (Å²) in [5.74, 6) is -0.399. The number of halogens is 3. The van der Waals surface area contributed by atoms with Crippen molar-refractivity contribution in [2.24, 2.45) is 0 Å². The van der Waals surface area contributed by atoms with E-state index >= 15 is 0 Å². The number of para-hydroxylation sites is 1. The molecular formula is C13H10F3NO2. The van der Waals surface area contributed by atoms with Gasteiger partial charge in [-0.05, 0) is 12.1 Å². The fourth-order valence-electron chi connectivity index (χ4n) is 1.84. The Morgan fingerprint density at radius 2 is 2.05 bits per heavy atom. The zero-order valence-electron chi connectivity index (χ0n) is 9.78. The summed E-state index contributed by atoms with van der Waals surface area (Å²) in [6.07, 6.45) is -1.87. The van der Waals surface area contributed by atoms with Crippen LogP contribution < -0.4 is 10.2 Å². The van der Waals surface area contributed by atoms with E-state index in [9.17, 15) is 18.0 Å². The first kappa shape index (κ1) is 13.2. The summed E-state index contributed by atoms with van der Waals surface area (Å²) in [7, 11) is 0. The predicted molar refractivity (Wildman–Crippen MR) is 65.1 cm³/mol. The zero-order valence-corrected chi connectivity index (χ0v) is 9.78. The van der Waals surface area contributed by atoms with Gasteiger partial charge in [0.15, 0.2) is 11.2 Å². The third-order valence-corrected chi connectivity index (χ3v) is 2.51. The third kappa shape index (κ3) is 2.78. The Labute approximate surface area is 106 Å². The van der Waals surface area contributed by atoms with E-state index < -0.39 is 12.1 Å². The molecule has 0 fully saturated rings. The fourth-order valence-corrected chi connectivity index (χ4v) is 1.84. The van der Waals surface area contributed by atoms with Crippen molar-refractivity contribution in [2.45, 2.75) is 12.9 Å². The highest BCUT2D eigenvalue weighted by molar-refractivity contribution is 5.84. The second kappa shape index (κ2) is 4.79. The van der Waals surface area contributed by atoms with E-state index in [-0.39, 0.29) is 22.9 Å². The molecule has 2 aromatic rings. The summed E-state index contributed by atoms with van der Waals surface area (Å²) in [5.41, 5.74) is -0.254. The van der Waals surface area contributed by atoms with Crippen molar-refractivity contribution in [3.8, 4) is 5.75 Å². The molecule has 0 atom stereocenters. The third-order valence-electron chi connectivity index (χ3n) is 2.51. The smallest absolute Gasteiger partial charge is 0.404 e. The van der Waals surface area contributed by atoms with Crippen molar-refractivity contribution in [1.82, 2.24) is 4.57 Å². The van der Waals surface area contributed by atoms with Gasteiger partial charge < -0.3 is 9.30 Å². The lowest BCUT2D eigenvalue weighted by Crippen LogP contribution is -2.19. The molecule has 6 heteroatoms. The number of rotatable bonds is 3. The van der Waals surface area contributed by atoms with Gasteiger partial charge in [-0.1, -0.05) is 12.1 Å². The molecule has 0 spiro atoms. The van der Waals surface area contributed by atoms with Gasteiger partial charge in [-0.15, -0.1) is 19.8 Å². The Hall–Kier alpha value is -2.24. The van der Waals surface area contributed by atoms with Crippen LogP contribution in [-0.4, -0.2) is 10.9 Å². The average Bonchev–Trinajstić information content (AvgIpc) is 2.31. The molecule has 1 heterocycles. The van der Waals surface area contributed by atoms with E-state index in [4.69, 9.17) is 0 Å². The number of allylic oxidation sites excluding steroid dienone is 1. The number of hydrogen-bond donors (Lipinski definition) is 0. The number of aromatic nitrogens is 1. The van der Waals surface area contributed by atoms with Crippen LogP contribution in [0.3, 0.4) is 0 Å². The van der Waals surface area contributed by atoms with Crippen LogP contribution in [0.2, 0.25) is 0 Å². The number of alkyl halides is 3. The molecule has 0 aliphatic heterocycles. The average molecular weight is 269 g/mol. The minimum absolute atomic E-state index is 0.104. The van der Waals surface area contributed by atoms with E-state index in [0.717, 1.165) is 0 Å². The SMILES string of the molecule is C=CCn1ccc(=O)c2cccc(OC(F)(F)F)c21. The monoisotopic (exact) mass is 269 g/mol. The zero-order chi connectivity index (χ0) is 14.0. The molecule has 2 rings (SSSR count). The Kier molecular flexibility index (Phi) is 3.33. The lowest BCUT2D eigenvalue weighted by molar-refractivity contribution is -0.274. The summed E-state index contributed by atoms with van der Waals surface area (Å²) in [4.78, 5) is 11.7. The first-order valence-electron chi connectivity index (χ1n) is 5.41. The van der Waals surface area contributed by atoms with Gasteiger partial charge >= 0.3 is 6.36 Å². The van der Waals surface area contributed by atoms with Crippen LogP contribution in [0, 0.1) is 0 Å². The maximum absolute atomic E-state index is 12.4. The summed E-state index contributed by atoms with van der Waals surface area (Å²) < 4.78 is 42.5. The molecule has 0 unspecified atom stereocenters. The second-order valence-electron chi connectivity index (χ2n) is 3.82. The number of ether oxygens (including phenoxy) is 1. The van der Waals surface area contributed by atoms with Gasteiger partial charge in [0.2, 0.25) is 0 Å². The van der Waals surface area contributed by atoms with E-state index in [1.54, 1.807) is 0 Å². The molecule has 3 nitrogen and oxygen atoms in total. The molecule has 1 aromatic heterocycles. The van der Waals surface area contributed by atoms with Gasteiger partial charge in [0.25, 0.3) is 0 Å². The van der Waals surface area contributed by atoms with Crippen LogP contribution in [0.15, 0.2) is 47.9 Å². The largest absolute Gasteiger partial charge is 0.573 e. The molecule has 19 heavy (non-hydrogen) atoms. The Bertz CT molecular complexity index is 674. The van der Waals surface area contributed by atoms with Crippen LogP contribution >= 0.6 is 0 Å². The van der Waals surface area contributed by atoms with Crippen molar-refractivity contribution >= 4 is 10.9 Å². The summed E-state index contributed by atoms with van der Waals surface area (Å²) >= 11 is 0. The quantitative estimate of drug-likeness (QED) is 0.802. The van der Waals surface area contributed by atoms with Crippen LogP contribution in [0.1, 0.15) is 0 Å². The number of nitrogens with zero attached hydrogens (tertiary/aromatic N) is 1. The molecule has 0 amide bonds.